The summed E-state index contributed by atoms with van der Waals surface area (Å²) in [5.41, 5.74) is 1.54. The van der Waals surface area contributed by atoms with Crippen molar-refractivity contribution in [3.05, 3.63) is 83.3 Å². The summed E-state index contributed by atoms with van der Waals surface area (Å²) in [5, 5.41) is 19.0. The molecule has 3 heterocycles. The van der Waals surface area contributed by atoms with Crippen molar-refractivity contribution in [2.75, 3.05) is 0 Å². The van der Waals surface area contributed by atoms with Gasteiger partial charge in [-0.05, 0) is 61.4 Å². The summed E-state index contributed by atoms with van der Waals surface area (Å²) < 4.78 is 29.3. The molecule has 7 nitrogen and oxygen atoms in total. The van der Waals surface area contributed by atoms with Crippen molar-refractivity contribution in [3.63, 3.8) is 0 Å². The average Bonchev–Trinajstić information content (AvgIpc) is 2.88. The van der Waals surface area contributed by atoms with Gasteiger partial charge < -0.3 is 5.11 Å². The molecule has 0 bridgehead atoms. The van der Waals surface area contributed by atoms with Gasteiger partial charge in [-0.3, -0.25) is 0 Å². The molecule has 2 unspecified atom stereocenters. The Kier molecular flexibility index (Phi) is 7.84. The van der Waals surface area contributed by atoms with Crippen LogP contribution in [0.15, 0.2) is 48.9 Å². The highest BCUT2D eigenvalue weighted by Gasteiger charge is 2.31. The van der Waals surface area contributed by atoms with E-state index in [-0.39, 0.29) is 28.5 Å². The van der Waals surface area contributed by atoms with Gasteiger partial charge in [0.2, 0.25) is 0 Å². The first-order valence-corrected chi connectivity index (χ1v) is 13.0. The first-order chi connectivity index (χ1) is 18.3. The predicted octanol–water partition coefficient (Wildman–Crippen LogP) is 6.59. The molecule has 3 aromatic heterocycles. The Morgan fingerprint density at radius 3 is 2.13 bits per heavy atom. The van der Waals surface area contributed by atoms with E-state index in [9.17, 15) is 13.9 Å². The molecule has 0 saturated heterocycles. The van der Waals surface area contributed by atoms with E-state index in [1.165, 1.54) is 18.2 Å². The van der Waals surface area contributed by atoms with Crippen molar-refractivity contribution < 1.29 is 13.9 Å². The topological polar surface area (TPSA) is 97.6 Å². The quantitative estimate of drug-likeness (QED) is 0.287. The van der Waals surface area contributed by atoms with Crippen molar-refractivity contribution in [2.24, 2.45) is 5.41 Å². The van der Waals surface area contributed by atoms with E-state index in [4.69, 9.17) is 4.98 Å². The summed E-state index contributed by atoms with van der Waals surface area (Å²) in [6.07, 6.45) is 5.63. The second-order valence-corrected chi connectivity index (χ2v) is 11.4. The fourth-order valence-electron chi connectivity index (χ4n) is 4.85. The number of aliphatic hydroxyl groups is 1. The Balaban J connectivity index is 1.80. The van der Waals surface area contributed by atoms with E-state index >= 15 is 0 Å². The maximum absolute atomic E-state index is 14.7. The highest BCUT2D eigenvalue weighted by atomic mass is 19.1. The van der Waals surface area contributed by atoms with Gasteiger partial charge in [-0.1, -0.05) is 40.7 Å². The van der Waals surface area contributed by atoms with Gasteiger partial charge in [0.15, 0.2) is 11.6 Å². The number of aromatic nitrogens is 6. The summed E-state index contributed by atoms with van der Waals surface area (Å²) in [5.74, 6) is -0.875. The van der Waals surface area contributed by atoms with Crippen LogP contribution in [0, 0.1) is 17.0 Å². The van der Waals surface area contributed by atoms with Crippen LogP contribution in [0.25, 0.3) is 22.6 Å². The summed E-state index contributed by atoms with van der Waals surface area (Å²) in [4.78, 5) is 17.7. The van der Waals surface area contributed by atoms with Crippen molar-refractivity contribution in [2.45, 2.75) is 72.3 Å². The third kappa shape index (κ3) is 5.98. The number of benzene rings is 1. The lowest BCUT2D eigenvalue weighted by Crippen LogP contribution is -2.21. The van der Waals surface area contributed by atoms with Gasteiger partial charge in [-0.2, -0.15) is 10.2 Å². The highest BCUT2D eigenvalue weighted by molar-refractivity contribution is 5.62. The van der Waals surface area contributed by atoms with Crippen LogP contribution < -0.4 is 0 Å². The summed E-state index contributed by atoms with van der Waals surface area (Å²) in [6, 6.07) is 7.35. The zero-order chi connectivity index (χ0) is 28.5. The number of halogens is 2. The van der Waals surface area contributed by atoms with Crippen LogP contribution in [-0.4, -0.2) is 35.2 Å². The molecule has 0 radical (unpaired) electrons. The zero-order valence-electron chi connectivity index (χ0n) is 23.4. The van der Waals surface area contributed by atoms with Crippen molar-refractivity contribution in [3.8, 4) is 22.6 Å². The van der Waals surface area contributed by atoms with Crippen molar-refractivity contribution in [1.82, 2.24) is 30.1 Å². The minimum Gasteiger partial charge on any atom is -0.382 e. The van der Waals surface area contributed by atoms with Crippen LogP contribution in [0.2, 0.25) is 0 Å². The molecule has 0 fully saturated rings. The first kappa shape index (κ1) is 28.3. The summed E-state index contributed by atoms with van der Waals surface area (Å²) in [7, 11) is 0. The van der Waals surface area contributed by atoms with Gasteiger partial charge in [0, 0.05) is 24.5 Å². The second kappa shape index (κ2) is 10.8. The standard InChI is InChI=1S/C30H34F2N6O/c1-8-20(29(3,4)5)19-14-24(25-21(31)10-9-11-22(25)32)37-38-26(19)17(2)23-12-13-33-27(36-23)18-15-34-28(35-16-18)30(6,7)39/h9-17,20,39H,8H2,1-7H3. The third-order valence-corrected chi connectivity index (χ3v) is 6.89. The molecule has 0 saturated carbocycles. The Hall–Kier alpha value is -3.72. The van der Waals surface area contributed by atoms with E-state index < -0.39 is 17.2 Å². The molecule has 9 heteroatoms. The highest BCUT2D eigenvalue weighted by Crippen LogP contribution is 2.42. The van der Waals surface area contributed by atoms with Crippen molar-refractivity contribution >= 4 is 0 Å². The molecule has 0 aliphatic rings. The molecular formula is C30H34F2N6O. The van der Waals surface area contributed by atoms with Gasteiger partial charge in [0.05, 0.1) is 28.2 Å². The van der Waals surface area contributed by atoms with Crippen LogP contribution in [0.4, 0.5) is 8.78 Å². The molecule has 1 aromatic carbocycles. The smallest absolute Gasteiger partial charge is 0.162 e. The van der Waals surface area contributed by atoms with Crippen LogP contribution in [-0.2, 0) is 5.60 Å². The molecule has 1 N–H and O–H groups in total. The maximum atomic E-state index is 14.7. The molecule has 2 atom stereocenters. The number of hydrogen-bond donors (Lipinski definition) is 1. The Morgan fingerprint density at radius 1 is 0.923 bits per heavy atom. The molecule has 0 amide bonds. The normalized spacial score (nSPS) is 13.8. The summed E-state index contributed by atoms with van der Waals surface area (Å²) >= 11 is 0. The lowest BCUT2D eigenvalue weighted by molar-refractivity contribution is 0.0687. The minimum atomic E-state index is -1.16. The molecule has 4 rings (SSSR count). The molecule has 204 valence electrons. The fourth-order valence-corrected chi connectivity index (χ4v) is 4.85. The maximum Gasteiger partial charge on any atom is 0.162 e. The molecule has 39 heavy (non-hydrogen) atoms. The monoisotopic (exact) mass is 532 g/mol. The van der Waals surface area contributed by atoms with E-state index in [0.717, 1.165) is 12.0 Å². The minimum absolute atomic E-state index is 0.0446. The molecule has 4 aromatic rings. The molecule has 0 aliphatic carbocycles. The van der Waals surface area contributed by atoms with Gasteiger partial charge in [0.1, 0.15) is 17.2 Å². The predicted molar refractivity (Wildman–Crippen MR) is 146 cm³/mol. The number of rotatable bonds is 7. The van der Waals surface area contributed by atoms with Crippen LogP contribution in [0.3, 0.4) is 0 Å². The van der Waals surface area contributed by atoms with E-state index in [1.54, 1.807) is 38.5 Å². The van der Waals surface area contributed by atoms with E-state index in [2.05, 4.69) is 52.8 Å². The van der Waals surface area contributed by atoms with Gasteiger partial charge >= 0.3 is 0 Å². The fraction of sp³-hybridized carbons (Fsp3) is 0.400. The molecule has 0 aliphatic heterocycles. The van der Waals surface area contributed by atoms with Gasteiger partial charge in [-0.25, -0.2) is 28.7 Å². The summed E-state index contributed by atoms with van der Waals surface area (Å²) in [6.45, 7) is 13.7. The van der Waals surface area contributed by atoms with Crippen molar-refractivity contribution in [1.29, 1.82) is 0 Å². The Morgan fingerprint density at radius 2 is 1.56 bits per heavy atom. The van der Waals surface area contributed by atoms with Gasteiger partial charge in [-0.15, -0.1) is 0 Å². The number of hydrogen-bond acceptors (Lipinski definition) is 7. The van der Waals surface area contributed by atoms with Crippen LogP contribution >= 0.6 is 0 Å². The van der Waals surface area contributed by atoms with Crippen LogP contribution in [0.1, 0.15) is 89.5 Å². The van der Waals surface area contributed by atoms with E-state index in [0.29, 0.717) is 28.6 Å². The van der Waals surface area contributed by atoms with E-state index in [1.807, 2.05) is 13.0 Å². The number of nitrogens with zero attached hydrogens (tertiary/aromatic N) is 6. The third-order valence-electron chi connectivity index (χ3n) is 6.89. The average molecular weight is 533 g/mol. The second-order valence-electron chi connectivity index (χ2n) is 11.4. The first-order valence-electron chi connectivity index (χ1n) is 13.0. The molecule has 0 spiro atoms. The van der Waals surface area contributed by atoms with Crippen LogP contribution in [0.5, 0.6) is 0 Å². The molecular weight excluding hydrogens is 498 g/mol. The largest absolute Gasteiger partial charge is 0.382 e. The lowest BCUT2D eigenvalue weighted by atomic mass is 9.73. The Labute approximate surface area is 227 Å². The van der Waals surface area contributed by atoms with Gasteiger partial charge in [0.25, 0.3) is 0 Å². The zero-order valence-corrected chi connectivity index (χ0v) is 23.4. The lowest BCUT2D eigenvalue weighted by Gasteiger charge is -2.32. The SMILES string of the molecule is CCC(c1cc(-c2c(F)cccc2F)nnc1C(C)c1ccnc(-c2cnc(C(C)(C)O)nc2)n1)C(C)(C)C. The Bertz CT molecular complexity index is 1440.